The van der Waals surface area contributed by atoms with Crippen molar-refractivity contribution in [2.24, 2.45) is 21.9 Å². The van der Waals surface area contributed by atoms with Gasteiger partial charge in [0.05, 0.1) is 18.9 Å². The van der Waals surface area contributed by atoms with Crippen LogP contribution >= 0.6 is 0 Å². The Bertz CT molecular complexity index is 552. The van der Waals surface area contributed by atoms with Crippen molar-refractivity contribution in [1.82, 2.24) is 0 Å². The van der Waals surface area contributed by atoms with E-state index in [2.05, 4.69) is 17.1 Å². The van der Waals surface area contributed by atoms with E-state index in [1.54, 1.807) is 0 Å². The van der Waals surface area contributed by atoms with Gasteiger partial charge < -0.3 is 15.2 Å². The SMILES string of the molecule is CC1CC(N)=NN=C1c1ccc2c(c1)OCCCO2. The summed E-state index contributed by atoms with van der Waals surface area (Å²) in [4.78, 5) is 0. The lowest BCUT2D eigenvalue weighted by Crippen LogP contribution is -2.25. The Balaban J connectivity index is 1.96. The number of amidine groups is 1. The molecule has 19 heavy (non-hydrogen) atoms. The minimum Gasteiger partial charge on any atom is -0.490 e. The Morgan fingerprint density at radius 3 is 2.74 bits per heavy atom. The summed E-state index contributed by atoms with van der Waals surface area (Å²) in [6.45, 7) is 3.48. The van der Waals surface area contributed by atoms with Crippen molar-refractivity contribution in [1.29, 1.82) is 0 Å². The van der Waals surface area contributed by atoms with Crippen molar-refractivity contribution in [3.05, 3.63) is 23.8 Å². The molecule has 0 fully saturated rings. The molecule has 0 radical (unpaired) electrons. The van der Waals surface area contributed by atoms with Gasteiger partial charge in [0.15, 0.2) is 11.5 Å². The summed E-state index contributed by atoms with van der Waals surface area (Å²) in [7, 11) is 0. The van der Waals surface area contributed by atoms with Gasteiger partial charge in [0.1, 0.15) is 5.84 Å². The van der Waals surface area contributed by atoms with Gasteiger partial charge in [-0.25, -0.2) is 0 Å². The first kappa shape index (κ1) is 12.0. The largest absolute Gasteiger partial charge is 0.490 e. The van der Waals surface area contributed by atoms with Gasteiger partial charge >= 0.3 is 0 Å². The lowest BCUT2D eigenvalue weighted by Gasteiger charge is -2.18. The third-order valence-electron chi connectivity index (χ3n) is 3.31. The van der Waals surface area contributed by atoms with E-state index in [4.69, 9.17) is 15.2 Å². The van der Waals surface area contributed by atoms with E-state index in [1.165, 1.54) is 0 Å². The molecule has 2 N–H and O–H groups in total. The van der Waals surface area contributed by atoms with Gasteiger partial charge in [-0.1, -0.05) is 6.92 Å². The maximum atomic E-state index is 5.70. The molecular weight excluding hydrogens is 242 g/mol. The Morgan fingerprint density at radius 2 is 1.95 bits per heavy atom. The third-order valence-corrected chi connectivity index (χ3v) is 3.31. The van der Waals surface area contributed by atoms with Crippen LogP contribution in [0.5, 0.6) is 11.5 Å². The predicted octanol–water partition coefficient (Wildman–Crippen LogP) is 1.95. The Hall–Kier alpha value is -2.04. The van der Waals surface area contributed by atoms with E-state index < -0.39 is 0 Å². The minimum atomic E-state index is 0.266. The van der Waals surface area contributed by atoms with E-state index in [0.29, 0.717) is 19.0 Å². The molecule has 0 amide bonds. The van der Waals surface area contributed by atoms with Gasteiger partial charge in [-0.3, -0.25) is 0 Å². The summed E-state index contributed by atoms with van der Waals surface area (Å²) in [6.07, 6.45) is 1.65. The van der Waals surface area contributed by atoms with Crippen molar-refractivity contribution in [3.63, 3.8) is 0 Å². The second kappa shape index (κ2) is 4.91. The summed E-state index contributed by atoms with van der Waals surface area (Å²) in [6, 6.07) is 5.92. The molecule has 2 aliphatic rings. The minimum absolute atomic E-state index is 0.266. The normalized spacial score (nSPS) is 22.3. The lowest BCUT2D eigenvalue weighted by molar-refractivity contribution is 0.297. The molecule has 0 saturated heterocycles. The summed E-state index contributed by atoms with van der Waals surface area (Å²) in [5, 5.41) is 8.20. The first-order valence-electron chi connectivity index (χ1n) is 6.54. The maximum absolute atomic E-state index is 5.70. The van der Waals surface area contributed by atoms with Gasteiger partial charge in [0.2, 0.25) is 0 Å². The van der Waals surface area contributed by atoms with Crippen LogP contribution in [-0.4, -0.2) is 24.8 Å². The van der Waals surface area contributed by atoms with E-state index in [0.717, 1.165) is 35.6 Å². The van der Waals surface area contributed by atoms with E-state index >= 15 is 0 Å². The fraction of sp³-hybridized carbons (Fsp3) is 0.429. The fourth-order valence-electron chi connectivity index (χ4n) is 2.33. The average Bonchev–Trinajstić information content (AvgIpc) is 2.63. The highest BCUT2D eigenvalue weighted by atomic mass is 16.5. The van der Waals surface area contributed by atoms with Crippen molar-refractivity contribution in [3.8, 4) is 11.5 Å². The predicted molar refractivity (Wildman–Crippen MR) is 74.0 cm³/mol. The average molecular weight is 259 g/mol. The monoisotopic (exact) mass is 259 g/mol. The summed E-state index contributed by atoms with van der Waals surface area (Å²) >= 11 is 0. The summed E-state index contributed by atoms with van der Waals surface area (Å²) in [5.41, 5.74) is 7.67. The molecule has 0 saturated carbocycles. The van der Waals surface area contributed by atoms with Crippen LogP contribution in [0.15, 0.2) is 28.4 Å². The standard InChI is InChI=1S/C14H17N3O2/c1-9-7-13(15)16-17-14(9)10-3-4-11-12(8-10)19-6-2-5-18-11/h3-4,8-9H,2,5-7H2,1H3,(H2,15,16). The molecule has 0 spiro atoms. The zero-order valence-electron chi connectivity index (χ0n) is 10.9. The number of hydrogen-bond acceptors (Lipinski definition) is 5. The van der Waals surface area contributed by atoms with E-state index in [9.17, 15) is 0 Å². The van der Waals surface area contributed by atoms with Crippen LogP contribution in [0.2, 0.25) is 0 Å². The molecule has 1 aromatic carbocycles. The third kappa shape index (κ3) is 2.41. The number of rotatable bonds is 1. The van der Waals surface area contributed by atoms with Crippen LogP contribution in [0, 0.1) is 5.92 Å². The molecule has 0 aromatic heterocycles. The number of hydrogen-bond donors (Lipinski definition) is 1. The molecular formula is C14H17N3O2. The van der Waals surface area contributed by atoms with Crippen LogP contribution in [0.3, 0.4) is 0 Å². The summed E-state index contributed by atoms with van der Waals surface area (Å²) < 4.78 is 11.3. The first-order chi connectivity index (χ1) is 9.24. The van der Waals surface area contributed by atoms with Gasteiger partial charge in [-0.15, -0.1) is 5.10 Å². The highest BCUT2D eigenvalue weighted by Crippen LogP contribution is 2.32. The van der Waals surface area contributed by atoms with Crippen molar-refractivity contribution in [2.75, 3.05) is 13.2 Å². The topological polar surface area (TPSA) is 69.2 Å². The highest BCUT2D eigenvalue weighted by Gasteiger charge is 2.20. The second-order valence-electron chi connectivity index (χ2n) is 4.89. The van der Waals surface area contributed by atoms with E-state index in [-0.39, 0.29) is 5.92 Å². The molecule has 5 heteroatoms. The molecule has 1 unspecified atom stereocenters. The Kier molecular flexibility index (Phi) is 3.11. The zero-order chi connectivity index (χ0) is 13.2. The number of ether oxygens (including phenoxy) is 2. The van der Waals surface area contributed by atoms with Crippen LogP contribution in [0.4, 0.5) is 0 Å². The quantitative estimate of drug-likeness (QED) is 0.838. The molecule has 3 rings (SSSR count). The number of nitrogens with zero attached hydrogens (tertiary/aromatic N) is 2. The molecule has 100 valence electrons. The fourth-order valence-corrected chi connectivity index (χ4v) is 2.33. The Labute approximate surface area is 112 Å². The Morgan fingerprint density at radius 1 is 1.16 bits per heavy atom. The molecule has 1 atom stereocenters. The van der Waals surface area contributed by atoms with Crippen molar-refractivity contribution >= 4 is 11.5 Å². The second-order valence-corrected chi connectivity index (χ2v) is 4.89. The maximum Gasteiger partial charge on any atom is 0.161 e. The number of benzene rings is 1. The van der Waals surface area contributed by atoms with Gasteiger partial charge in [-0.2, -0.15) is 5.10 Å². The highest BCUT2D eigenvalue weighted by molar-refractivity contribution is 6.06. The van der Waals surface area contributed by atoms with Crippen molar-refractivity contribution in [2.45, 2.75) is 19.8 Å². The van der Waals surface area contributed by atoms with Crippen molar-refractivity contribution < 1.29 is 9.47 Å². The number of fused-ring (bicyclic) bond motifs is 1. The van der Waals surface area contributed by atoms with Gasteiger partial charge in [0.25, 0.3) is 0 Å². The van der Waals surface area contributed by atoms with Crippen LogP contribution < -0.4 is 15.2 Å². The number of nitrogens with two attached hydrogens (primary N) is 1. The smallest absolute Gasteiger partial charge is 0.161 e. The molecule has 5 nitrogen and oxygen atoms in total. The molecule has 0 bridgehead atoms. The van der Waals surface area contributed by atoms with Crippen LogP contribution in [-0.2, 0) is 0 Å². The van der Waals surface area contributed by atoms with Crippen LogP contribution in [0.1, 0.15) is 25.3 Å². The van der Waals surface area contributed by atoms with E-state index in [1.807, 2.05) is 18.2 Å². The van der Waals surface area contributed by atoms with Gasteiger partial charge in [0, 0.05) is 24.3 Å². The van der Waals surface area contributed by atoms with Crippen LogP contribution in [0.25, 0.3) is 0 Å². The molecule has 2 aliphatic heterocycles. The molecule has 0 aliphatic carbocycles. The first-order valence-corrected chi connectivity index (χ1v) is 6.54. The lowest BCUT2D eigenvalue weighted by atomic mass is 9.94. The molecule has 2 heterocycles. The summed E-state index contributed by atoms with van der Waals surface area (Å²) in [5.74, 6) is 2.44. The zero-order valence-corrected chi connectivity index (χ0v) is 10.9. The molecule has 1 aromatic rings. The van der Waals surface area contributed by atoms with Gasteiger partial charge in [-0.05, 0) is 18.2 Å².